The molecule has 0 aliphatic rings. The summed E-state index contributed by atoms with van der Waals surface area (Å²) < 4.78 is 5.24. The number of hydrogen-bond donors (Lipinski definition) is 1. The van der Waals surface area contributed by atoms with E-state index in [1.54, 1.807) is 37.3 Å². The van der Waals surface area contributed by atoms with Crippen molar-refractivity contribution in [2.75, 3.05) is 12.4 Å². The predicted octanol–water partition coefficient (Wildman–Crippen LogP) is 4.57. The number of thioether (sulfide) groups is 1. The molecule has 8 heteroatoms. The molecular formula is C21H18ClN3O3S. The molecule has 3 aromatic rings. The Bertz CT molecular complexity index is 1160. The number of carbonyl (C=O) groups excluding carboxylic acids is 1. The van der Waals surface area contributed by atoms with Crippen LogP contribution >= 0.6 is 23.4 Å². The Morgan fingerprint density at radius 3 is 2.62 bits per heavy atom. The minimum absolute atomic E-state index is 0.0438. The summed E-state index contributed by atoms with van der Waals surface area (Å²) in [7, 11) is 0. The summed E-state index contributed by atoms with van der Waals surface area (Å²) in [6, 6.07) is 6.85. The third kappa shape index (κ3) is 4.41. The van der Waals surface area contributed by atoms with Crippen molar-refractivity contribution in [1.82, 2.24) is 15.0 Å². The van der Waals surface area contributed by atoms with Crippen LogP contribution in [0.15, 0.2) is 59.5 Å². The van der Waals surface area contributed by atoms with Gasteiger partial charge in [-0.25, -0.2) is 14.8 Å². The van der Waals surface area contributed by atoms with Crippen LogP contribution in [0.5, 0.6) is 0 Å². The number of rotatable bonds is 7. The Hall–Kier alpha value is -2.90. The number of carbonyl (C=O) groups is 1. The first-order valence-electron chi connectivity index (χ1n) is 8.68. The Labute approximate surface area is 176 Å². The van der Waals surface area contributed by atoms with E-state index >= 15 is 0 Å². The van der Waals surface area contributed by atoms with E-state index in [0.29, 0.717) is 32.8 Å². The first kappa shape index (κ1) is 20.8. The van der Waals surface area contributed by atoms with Gasteiger partial charge in [-0.15, -0.1) is 6.58 Å². The van der Waals surface area contributed by atoms with Gasteiger partial charge in [0.1, 0.15) is 6.61 Å². The fourth-order valence-electron chi connectivity index (χ4n) is 2.84. The topological polar surface area (TPSA) is 84.9 Å². The second-order valence-corrected chi connectivity index (χ2v) is 7.46. The highest BCUT2D eigenvalue weighted by Gasteiger charge is 2.24. The number of nitrogens with one attached hydrogen (secondary N) is 1. The monoisotopic (exact) mass is 427 g/mol. The molecule has 1 N–H and O–H groups in total. The molecule has 0 unspecified atom stereocenters. The number of aryl methyl sites for hydroxylation is 1. The van der Waals surface area contributed by atoms with E-state index < -0.39 is 11.5 Å². The van der Waals surface area contributed by atoms with Gasteiger partial charge in [-0.2, -0.15) is 0 Å². The number of aromatic nitrogens is 3. The van der Waals surface area contributed by atoms with Crippen LogP contribution in [0.1, 0.15) is 16.1 Å². The van der Waals surface area contributed by atoms with Crippen LogP contribution < -0.4 is 5.56 Å². The van der Waals surface area contributed by atoms with Crippen LogP contribution in [0.3, 0.4) is 0 Å². The van der Waals surface area contributed by atoms with E-state index in [1.165, 1.54) is 17.8 Å². The van der Waals surface area contributed by atoms with Crippen molar-refractivity contribution in [3.05, 3.63) is 76.2 Å². The van der Waals surface area contributed by atoms with Gasteiger partial charge in [-0.3, -0.25) is 4.79 Å². The fourth-order valence-corrected chi connectivity index (χ4v) is 3.55. The van der Waals surface area contributed by atoms with Crippen LogP contribution in [-0.2, 0) is 4.74 Å². The van der Waals surface area contributed by atoms with Crippen molar-refractivity contribution in [2.24, 2.45) is 0 Å². The fraction of sp³-hybridized carbons (Fsp3) is 0.143. The zero-order valence-corrected chi connectivity index (χ0v) is 17.3. The predicted molar refractivity (Wildman–Crippen MR) is 117 cm³/mol. The van der Waals surface area contributed by atoms with Crippen molar-refractivity contribution in [3.8, 4) is 11.1 Å². The lowest BCUT2D eigenvalue weighted by Crippen LogP contribution is -2.17. The van der Waals surface area contributed by atoms with Gasteiger partial charge in [0.05, 0.1) is 16.6 Å². The zero-order chi connectivity index (χ0) is 21.0. The molecule has 0 saturated carbocycles. The first-order valence-corrected chi connectivity index (χ1v) is 10.0. The molecule has 0 amide bonds. The largest absolute Gasteiger partial charge is 0.458 e. The number of benzene rings is 1. The van der Waals surface area contributed by atoms with Crippen LogP contribution in [0.4, 0.5) is 0 Å². The smallest absolute Gasteiger partial charge is 0.340 e. The number of fused-ring (bicyclic) bond motifs is 1. The quantitative estimate of drug-likeness (QED) is 0.257. The molecule has 29 heavy (non-hydrogen) atoms. The standard InChI is InChI=1S/C21H18ClN3O3S/c1-4-10-28-20(27)15-12(3)23-18-17(16(15)13-6-8-14(22)9-7-13)19(26)25-21(24-18)29-11-5-2/h4-9H,1-2,10-11H2,3H3,(H,23,24,25,26). The van der Waals surface area contributed by atoms with E-state index in [4.69, 9.17) is 16.3 Å². The van der Waals surface area contributed by atoms with Gasteiger partial charge >= 0.3 is 5.97 Å². The maximum atomic E-state index is 13.0. The number of pyridine rings is 1. The summed E-state index contributed by atoms with van der Waals surface area (Å²) in [5.74, 6) is -0.00469. The number of hydrogen-bond acceptors (Lipinski definition) is 6. The Kier molecular flexibility index (Phi) is 6.51. The van der Waals surface area contributed by atoms with Gasteiger partial charge in [-0.1, -0.05) is 54.2 Å². The lowest BCUT2D eigenvalue weighted by molar-refractivity contribution is 0.0549. The normalized spacial score (nSPS) is 10.7. The highest BCUT2D eigenvalue weighted by molar-refractivity contribution is 7.99. The third-order valence-electron chi connectivity index (χ3n) is 4.02. The van der Waals surface area contributed by atoms with Crippen LogP contribution in [0, 0.1) is 6.92 Å². The maximum Gasteiger partial charge on any atom is 0.340 e. The lowest BCUT2D eigenvalue weighted by Gasteiger charge is -2.14. The van der Waals surface area contributed by atoms with Crippen molar-refractivity contribution < 1.29 is 9.53 Å². The highest BCUT2D eigenvalue weighted by atomic mass is 35.5. The van der Waals surface area contributed by atoms with Crippen molar-refractivity contribution in [3.63, 3.8) is 0 Å². The van der Waals surface area contributed by atoms with E-state index in [1.807, 2.05) is 0 Å². The number of nitrogens with zero attached hydrogens (tertiary/aromatic N) is 2. The van der Waals surface area contributed by atoms with E-state index in [0.717, 1.165) is 0 Å². The van der Waals surface area contributed by atoms with Gasteiger partial charge in [0.15, 0.2) is 10.8 Å². The molecule has 0 spiro atoms. The van der Waals surface area contributed by atoms with Gasteiger partial charge in [-0.05, 0) is 24.6 Å². The third-order valence-corrected chi connectivity index (χ3v) is 5.14. The van der Waals surface area contributed by atoms with Gasteiger partial charge in [0.2, 0.25) is 0 Å². The minimum Gasteiger partial charge on any atom is -0.458 e. The molecule has 2 heterocycles. The molecule has 0 radical (unpaired) electrons. The van der Waals surface area contributed by atoms with Gasteiger partial charge in [0, 0.05) is 16.3 Å². The molecule has 3 rings (SSSR count). The molecule has 0 atom stereocenters. The first-order chi connectivity index (χ1) is 14.0. The van der Waals surface area contributed by atoms with Crippen molar-refractivity contribution in [2.45, 2.75) is 12.1 Å². The van der Waals surface area contributed by atoms with E-state index in [-0.39, 0.29) is 23.2 Å². The number of ether oxygens (including phenoxy) is 1. The molecule has 148 valence electrons. The number of halogens is 1. The molecular weight excluding hydrogens is 410 g/mol. The number of H-pyrrole nitrogens is 1. The molecule has 0 aliphatic carbocycles. The Balaban J connectivity index is 2.34. The van der Waals surface area contributed by atoms with Crippen LogP contribution in [0.2, 0.25) is 5.02 Å². The maximum absolute atomic E-state index is 13.0. The lowest BCUT2D eigenvalue weighted by atomic mass is 9.96. The molecule has 0 bridgehead atoms. The molecule has 0 fully saturated rings. The Morgan fingerprint density at radius 1 is 1.24 bits per heavy atom. The Morgan fingerprint density at radius 2 is 1.97 bits per heavy atom. The van der Waals surface area contributed by atoms with Gasteiger partial charge in [0.25, 0.3) is 5.56 Å². The summed E-state index contributed by atoms with van der Waals surface area (Å²) >= 11 is 7.35. The SMILES string of the molecule is C=CCOC(=O)c1c(C)nc2nc(SCC=C)[nH]c(=O)c2c1-c1ccc(Cl)cc1. The van der Waals surface area contributed by atoms with Crippen LogP contribution in [0.25, 0.3) is 22.2 Å². The molecule has 2 aromatic heterocycles. The molecule has 0 aliphatic heterocycles. The van der Waals surface area contributed by atoms with Crippen molar-refractivity contribution >= 4 is 40.4 Å². The molecule has 0 saturated heterocycles. The minimum atomic E-state index is -0.591. The summed E-state index contributed by atoms with van der Waals surface area (Å²) in [5, 5.41) is 1.18. The average molecular weight is 428 g/mol. The average Bonchev–Trinajstić information content (AvgIpc) is 2.70. The second-order valence-electron chi connectivity index (χ2n) is 6.01. The van der Waals surface area contributed by atoms with E-state index in [9.17, 15) is 9.59 Å². The second kappa shape index (κ2) is 9.07. The van der Waals surface area contributed by atoms with E-state index in [2.05, 4.69) is 28.1 Å². The number of esters is 1. The van der Waals surface area contributed by atoms with Crippen molar-refractivity contribution in [1.29, 1.82) is 0 Å². The summed E-state index contributed by atoms with van der Waals surface area (Å²) in [6.07, 6.45) is 3.19. The molecule has 1 aromatic carbocycles. The van der Waals surface area contributed by atoms with Gasteiger partial charge < -0.3 is 9.72 Å². The van der Waals surface area contributed by atoms with Crippen LogP contribution in [-0.4, -0.2) is 33.3 Å². The highest BCUT2D eigenvalue weighted by Crippen LogP contribution is 2.32. The number of aromatic amines is 1. The zero-order valence-electron chi connectivity index (χ0n) is 15.7. The molecule has 6 nitrogen and oxygen atoms in total. The summed E-state index contributed by atoms with van der Waals surface area (Å²) in [6.45, 7) is 8.95. The summed E-state index contributed by atoms with van der Waals surface area (Å²) in [5.41, 5.74) is 1.52. The summed E-state index contributed by atoms with van der Waals surface area (Å²) in [4.78, 5) is 37.3.